The summed E-state index contributed by atoms with van der Waals surface area (Å²) in [4.78, 5) is 39.7. The molecule has 0 aliphatic rings. The van der Waals surface area contributed by atoms with Crippen molar-refractivity contribution in [2.45, 2.75) is 17.6 Å². The molecule has 2 rings (SSSR count). The van der Waals surface area contributed by atoms with Gasteiger partial charge in [0.1, 0.15) is 0 Å². The molecule has 1 heterocycles. The molecular formula is C14H15N3O3S2. The van der Waals surface area contributed by atoms with E-state index in [0.717, 1.165) is 4.90 Å². The number of hydrogen-bond donors (Lipinski definition) is 3. The molecule has 116 valence electrons. The molecule has 0 aliphatic carbocycles. The Morgan fingerprint density at radius 2 is 2.00 bits per heavy atom. The van der Waals surface area contributed by atoms with E-state index in [1.165, 1.54) is 29.6 Å². The monoisotopic (exact) mass is 337 g/mol. The van der Waals surface area contributed by atoms with Gasteiger partial charge in [-0.1, -0.05) is 30.8 Å². The molecule has 6 nitrogen and oxygen atoms in total. The third-order valence-electron chi connectivity index (χ3n) is 2.60. The Labute approximate surface area is 135 Å². The molecule has 22 heavy (non-hydrogen) atoms. The first-order chi connectivity index (χ1) is 10.6. The Bertz CT molecular complexity index is 742. The molecule has 0 aliphatic heterocycles. The number of carbonyl (C=O) groups excluding carboxylic acids is 1. The average molecular weight is 337 g/mol. The lowest BCUT2D eigenvalue weighted by Gasteiger charge is -2.10. The summed E-state index contributed by atoms with van der Waals surface area (Å²) in [6.07, 6.45) is 0. The summed E-state index contributed by atoms with van der Waals surface area (Å²) in [7, 11) is 0. The van der Waals surface area contributed by atoms with Gasteiger partial charge in [-0.05, 0) is 17.9 Å². The number of nitrogens with one attached hydrogen (secondary N) is 3. The zero-order valence-electron chi connectivity index (χ0n) is 11.8. The molecular weight excluding hydrogens is 322 g/mol. The van der Waals surface area contributed by atoms with Crippen molar-refractivity contribution in [3.63, 3.8) is 0 Å². The van der Waals surface area contributed by atoms with Gasteiger partial charge in [0.15, 0.2) is 0 Å². The Morgan fingerprint density at radius 1 is 1.23 bits per heavy atom. The first-order valence-corrected chi connectivity index (χ1v) is 8.53. The van der Waals surface area contributed by atoms with Gasteiger partial charge >= 0.3 is 5.69 Å². The maximum absolute atomic E-state index is 11.7. The van der Waals surface area contributed by atoms with E-state index < -0.39 is 11.2 Å². The lowest BCUT2D eigenvalue weighted by Crippen LogP contribution is -2.22. The first-order valence-electron chi connectivity index (χ1n) is 6.56. The van der Waals surface area contributed by atoms with E-state index in [1.807, 2.05) is 31.2 Å². The van der Waals surface area contributed by atoms with Crippen molar-refractivity contribution in [1.29, 1.82) is 0 Å². The number of amides is 1. The summed E-state index contributed by atoms with van der Waals surface area (Å²) < 4.78 is 0. The number of thioether (sulfide) groups is 2. The first kappa shape index (κ1) is 16.4. The van der Waals surface area contributed by atoms with Crippen molar-refractivity contribution >= 4 is 34.5 Å². The summed E-state index contributed by atoms with van der Waals surface area (Å²) in [6.45, 7) is 1.91. The highest BCUT2D eigenvalue weighted by molar-refractivity contribution is 8.13. The van der Waals surface area contributed by atoms with Crippen molar-refractivity contribution < 1.29 is 4.79 Å². The van der Waals surface area contributed by atoms with E-state index in [4.69, 9.17) is 0 Å². The predicted molar refractivity (Wildman–Crippen MR) is 90.8 cm³/mol. The van der Waals surface area contributed by atoms with Crippen molar-refractivity contribution in [1.82, 2.24) is 9.97 Å². The van der Waals surface area contributed by atoms with Crippen molar-refractivity contribution in [2.24, 2.45) is 0 Å². The van der Waals surface area contributed by atoms with Crippen LogP contribution in [0.3, 0.4) is 0 Å². The van der Waals surface area contributed by atoms with Crippen LogP contribution in [0, 0.1) is 0 Å². The van der Waals surface area contributed by atoms with E-state index in [-0.39, 0.29) is 5.24 Å². The minimum Gasteiger partial charge on any atom is -0.316 e. The topological polar surface area (TPSA) is 94.8 Å². The summed E-state index contributed by atoms with van der Waals surface area (Å²) >= 11 is 2.63. The second-order valence-electron chi connectivity index (χ2n) is 4.24. The van der Waals surface area contributed by atoms with Gasteiger partial charge in [-0.2, -0.15) is 0 Å². The van der Waals surface area contributed by atoms with Crippen LogP contribution in [0.4, 0.5) is 10.5 Å². The molecule has 1 amide bonds. The third kappa shape index (κ3) is 4.81. The van der Waals surface area contributed by atoms with Crippen molar-refractivity contribution in [3.8, 4) is 0 Å². The van der Waals surface area contributed by atoms with Gasteiger partial charge in [0.25, 0.3) is 10.8 Å². The highest BCUT2D eigenvalue weighted by Crippen LogP contribution is 2.29. The van der Waals surface area contributed by atoms with Crippen LogP contribution >= 0.6 is 23.5 Å². The van der Waals surface area contributed by atoms with Crippen molar-refractivity contribution in [2.75, 3.05) is 11.1 Å². The molecule has 0 spiro atoms. The molecule has 3 N–H and O–H groups in total. The SMILES string of the molecule is CCSC(=O)Nc1ccccc1SCc1cc(=O)[nH]c(=O)[nH]1. The Balaban J connectivity index is 2.11. The lowest BCUT2D eigenvalue weighted by molar-refractivity contribution is 0.269. The third-order valence-corrected chi connectivity index (χ3v) is 4.37. The zero-order valence-corrected chi connectivity index (χ0v) is 13.5. The second kappa shape index (κ2) is 7.90. The van der Waals surface area contributed by atoms with Gasteiger partial charge in [-0.25, -0.2) is 4.79 Å². The van der Waals surface area contributed by atoms with E-state index >= 15 is 0 Å². The minimum absolute atomic E-state index is 0.111. The van der Waals surface area contributed by atoms with Crippen LogP contribution in [0.25, 0.3) is 0 Å². The number of aromatic amines is 2. The molecule has 0 bridgehead atoms. The summed E-state index contributed by atoms with van der Waals surface area (Å²) in [5, 5.41) is 2.72. The van der Waals surface area contributed by atoms with Crippen LogP contribution in [0.5, 0.6) is 0 Å². The minimum atomic E-state index is -0.524. The normalized spacial score (nSPS) is 10.4. The molecule has 0 atom stereocenters. The molecule has 0 saturated heterocycles. The van der Waals surface area contributed by atoms with Gasteiger partial charge in [0.05, 0.1) is 5.69 Å². The van der Waals surface area contributed by atoms with Gasteiger partial charge in [-0.3, -0.25) is 14.6 Å². The molecule has 0 unspecified atom stereocenters. The van der Waals surface area contributed by atoms with Crippen LogP contribution < -0.4 is 16.6 Å². The van der Waals surface area contributed by atoms with E-state index in [9.17, 15) is 14.4 Å². The number of hydrogen-bond acceptors (Lipinski definition) is 5. The number of para-hydroxylation sites is 1. The fraction of sp³-hybridized carbons (Fsp3) is 0.214. The maximum atomic E-state index is 11.7. The van der Waals surface area contributed by atoms with Crippen LogP contribution in [-0.2, 0) is 5.75 Å². The quantitative estimate of drug-likeness (QED) is 0.729. The second-order valence-corrected chi connectivity index (χ2v) is 6.50. The van der Waals surface area contributed by atoms with E-state index in [1.54, 1.807) is 0 Å². The van der Waals surface area contributed by atoms with Gasteiger partial charge in [0, 0.05) is 22.4 Å². The molecule has 1 aromatic carbocycles. The smallest absolute Gasteiger partial charge is 0.316 e. The molecule has 8 heteroatoms. The van der Waals surface area contributed by atoms with Crippen LogP contribution in [-0.4, -0.2) is 21.0 Å². The molecule has 1 aromatic heterocycles. The van der Waals surface area contributed by atoms with Gasteiger partial charge in [0.2, 0.25) is 0 Å². The number of rotatable bonds is 5. The molecule has 0 radical (unpaired) electrons. The summed E-state index contributed by atoms with van der Waals surface area (Å²) in [5.41, 5.74) is 0.290. The standard InChI is InChI=1S/C14H15N3O3S2/c1-2-21-14(20)16-10-5-3-4-6-11(10)22-8-9-7-12(18)17-13(19)15-9/h3-7H,2,8H2,1H3,(H,16,20)(H2,15,17,18,19). The van der Waals surface area contributed by atoms with Crippen LogP contribution in [0.2, 0.25) is 0 Å². The molecule has 2 aromatic rings. The van der Waals surface area contributed by atoms with Crippen LogP contribution in [0.15, 0.2) is 44.8 Å². The summed E-state index contributed by atoms with van der Waals surface area (Å²) in [6, 6.07) is 8.75. The van der Waals surface area contributed by atoms with Crippen molar-refractivity contribution in [3.05, 3.63) is 56.9 Å². The number of H-pyrrole nitrogens is 2. The molecule has 0 fully saturated rings. The number of aromatic nitrogens is 2. The number of carbonyl (C=O) groups is 1. The number of anilines is 1. The molecule has 0 saturated carbocycles. The van der Waals surface area contributed by atoms with E-state index in [2.05, 4.69) is 15.3 Å². The highest BCUT2D eigenvalue weighted by atomic mass is 32.2. The Hall–Kier alpha value is -1.93. The van der Waals surface area contributed by atoms with Crippen LogP contribution in [0.1, 0.15) is 12.6 Å². The van der Waals surface area contributed by atoms with Gasteiger partial charge < -0.3 is 10.3 Å². The average Bonchev–Trinajstić information content (AvgIpc) is 2.45. The highest BCUT2D eigenvalue weighted by Gasteiger charge is 2.07. The Morgan fingerprint density at radius 3 is 2.73 bits per heavy atom. The fourth-order valence-corrected chi connectivity index (χ4v) is 3.09. The lowest BCUT2D eigenvalue weighted by atomic mass is 10.3. The number of benzene rings is 1. The summed E-state index contributed by atoms with van der Waals surface area (Å²) in [5.74, 6) is 1.13. The zero-order chi connectivity index (χ0) is 15.9. The Kier molecular flexibility index (Phi) is 5.91. The largest absolute Gasteiger partial charge is 0.325 e. The van der Waals surface area contributed by atoms with Gasteiger partial charge in [-0.15, -0.1) is 11.8 Å². The maximum Gasteiger partial charge on any atom is 0.325 e. The predicted octanol–water partition coefficient (Wildman–Crippen LogP) is 2.64. The fourth-order valence-electron chi connectivity index (χ4n) is 1.73. The van der Waals surface area contributed by atoms with E-state index in [0.29, 0.717) is 22.9 Å².